The van der Waals surface area contributed by atoms with Gasteiger partial charge in [0.05, 0.1) is 19.3 Å². The van der Waals surface area contributed by atoms with E-state index in [0.717, 1.165) is 18.7 Å². The van der Waals surface area contributed by atoms with Gasteiger partial charge in [-0.2, -0.15) is 0 Å². The molecule has 1 saturated heterocycles. The third kappa shape index (κ3) is 6.21. The molecule has 1 rings (SSSR count). The number of rotatable bonds is 10. The number of carbonyl (C=O) groups is 1. The van der Waals surface area contributed by atoms with Crippen LogP contribution in [0.3, 0.4) is 0 Å². The first-order chi connectivity index (χ1) is 10.3. The molecular weight excluding hydrogens is 307 g/mol. The quantitative estimate of drug-likeness (QED) is 0.488. The third-order valence-electron chi connectivity index (χ3n) is 3.84. The van der Waals surface area contributed by atoms with E-state index in [1.54, 1.807) is 6.92 Å². The van der Waals surface area contributed by atoms with Crippen LogP contribution >= 0.6 is 7.82 Å². The Morgan fingerprint density at radius 3 is 2.73 bits per heavy atom. The van der Waals surface area contributed by atoms with Crippen LogP contribution < -0.4 is 0 Å². The number of Topliss-reactive ketones (excluding diaryl/α,β-unsaturated/α-hetero) is 1. The lowest BCUT2D eigenvalue weighted by molar-refractivity contribution is -0.118. The Morgan fingerprint density at radius 1 is 1.45 bits per heavy atom. The molecular formula is C15H28NO5P. The number of allylic oxidation sites excluding steroid dienone is 1. The van der Waals surface area contributed by atoms with E-state index in [-0.39, 0.29) is 25.0 Å². The molecule has 0 aromatic carbocycles. The van der Waals surface area contributed by atoms with Crippen LogP contribution in [-0.4, -0.2) is 41.4 Å². The summed E-state index contributed by atoms with van der Waals surface area (Å²) < 4.78 is 21.4. The van der Waals surface area contributed by atoms with Crippen molar-refractivity contribution in [3.05, 3.63) is 12.3 Å². The van der Waals surface area contributed by atoms with Gasteiger partial charge in [0.1, 0.15) is 5.78 Å². The van der Waals surface area contributed by atoms with E-state index in [2.05, 4.69) is 18.4 Å². The van der Waals surface area contributed by atoms with Crippen molar-refractivity contribution in [2.45, 2.75) is 52.5 Å². The summed E-state index contributed by atoms with van der Waals surface area (Å²) in [6.07, 6.45) is 2.52. The lowest BCUT2D eigenvalue weighted by atomic mass is 10.1. The van der Waals surface area contributed by atoms with Crippen molar-refractivity contribution in [2.75, 3.05) is 19.8 Å². The molecule has 0 bridgehead atoms. The molecule has 1 heterocycles. The molecule has 128 valence electrons. The molecule has 0 amide bonds. The summed E-state index contributed by atoms with van der Waals surface area (Å²) in [5.74, 6) is 0.676. The monoisotopic (exact) mass is 335 g/mol. The van der Waals surface area contributed by atoms with E-state index >= 15 is 0 Å². The van der Waals surface area contributed by atoms with E-state index in [1.807, 2.05) is 6.92 Å². The number of carbonyl (C=O) groups excluding carboxylic acids is 1. The fourth-order valence-corrected chi connectivity index (χ4v) is 3.44. The number of hydrogen-bond acceptors (Lipinski definition) is 5. The van der Waals surface area contributed by atoms with Gasteiger partial charge in [-0.3, -0.25) is 13.8 Å². The van der Waals surface area contributed by atoms with Gasteiger partial charge in [0.25, 0.3) is 0 Å². The van der Waals surface area contributed by atoms with Crippen LogP contribution in [0.15, 0.2) is 12.3 Å². The summed E-state index contributed by atoms with van der Waals surface area (Å²) in [7, 11) is -3.97. The Hall–Kier alpha value is -0.680. The molecule has 1 N–H and O–H groups in total. The summed E-state index contributed by atoms with van der Waals surface area (Å²) >= 11 is 0. The summed E-state index contributed by atoms with van der Waals surface area (Å²) in [5.41, 5.74) is 0.893. The van der Waals surface area contributed by atoms with Crippen molar-refractivity contribution in [1.29, 1.82) is 0 Å². The molecule has 0 saturated carbocycles. The summed E-state index contributed by atoms with van der Waals surface area (Å²) in [4.78, 5) is 23.0. The molecule has 0 aliphatic carbocycles. The zero-order chi connectivity index (χ0) is 16.8. The Kier molecular flexibility index (Phi) is 7.77. The Labute approximate surface area is 133 Å². The second-order valence-corrected chi connectivity index (χ2v) is 7.24. The van der Waals surface area contributed by atoms with Gasteiger partial charge in [-0.1, -0.05) is 20.4 Å². The minimum atomic E-state index is -3.97. The minimum Gasteiger partial charge on any atom is -0.370 e. The molecule has 1 aliphatic heterocycles. The van der Waals surface area contributed by atoms with Gasteiger partial charge in [-0.05, 0) is 25.7 Å². The number of hydrogen-bond donors (Lipinski definition) is 1. The highest BCUT2D eigenvalue weighted by molar-refractivity contribution is 7.47. The maximum Gasteiger partial charge on any atom is 0.472 e. The molecule has 0 radical (unpaired) electrons. The first-order valence-electron chi connectivity index (χ1n) is 7.87. The second-order valence-electron chi connectivity index (χ2n) is 5.79. The number of ketones is 1. The standard InChI is InChI=1S/C15H28NO5P/c1-5-15(17)8-7-13(4)16-10-12(3)9-14(16)11-21-22(18,19)20-6-2/h12,14H,4-11H2,1-3H3,(H,18,19)/t12-,14+/m1/s1/i21+2. The average Bonchev–Trinajstić information content (AvgIpc) is 2.83. The van der Waals surface area contributed by atoms with Gasteiger partial charge in [0, 0.05) is 25.1 Å². The molecule has 1 unspecified atom stereocenters. The minimum absolute atomic E-state index is 0.000148. The van der Waals surface area contributed by atoms with E-state index in [9.17, 15) is 14.3 Å². The maximum absolute atomic E-state index is 11.6. The highest BCUT2D eigenvalue weighted by Crippen LogP contribution is 2.44. The fraction of sp³-hybridized carbons (Fsp3) is 0.800. The summed E-state index contributed by atoms with van der Waals surface area (Å²) in [5, 5.41) is 0. The zero-order valence-electron chi connectivity index (χ0n) is 13.8. The van der Waals surface area contributed by atoms with Crippen molar-refractivity contribution >= 4 is 13.6 Å². The van der Waals surface area contributed by atoms with Gasteiger partial charge in [-0.15, -0.1) is 0 Å². The lowest BCUT2D eigenvalue weighted by Crippen LogP contribution is -2.32. The first-order valence-corrected chi connectivity index (χ1v) is 9.36. The van der Waals surface area contributed by atoms with Gasteiger partial charge < -0.3 is 9.79 Å². The van der Waals surface area contributed by atoms with Crippen molar-refractivity contribution < 1.29 is 23.3 Å². The first kappa shape index (κ1) is 19.4. The predicted molar refractivity (Wildman–Crippen MR) is 85.4 cm³/mol. The van der Waals surface area contributed by atoms with Crippen molar-refractivity contribution in [1.82, 2.24) is 4.90 Å². The Bertz CT molecular complexity index is 440. The van der Waals surface area contributed by atoms with Crippen molar-refractivity contribution in [3.8, 4) is 0 Å². The number of phosphoric acid groups is 1. The van der Waals surface area contributed by atoms with Crippen molar-refractivity contribution in [2.24, 2.45) is 5.92 Å². The molecule has 0 aromatic heterocycles. The second kappa shape index (κ2) is 8.82. The molecule has 1 aliphatic rings. The third-order valence-corrected chi connectivity index (χ3v) is 4.90. The van der Waals surface area contributed by atoms with Gasteiger partial charge in [0.2, 0.25) is 0 Å². The number of nitrogens with zero attached hydrogens (tertiary/aromatic N) is 1. The maximum atomic E-state index is 11.6. The SMILES string of the molecule is C=C(CCC(=O)CC)N1C[C@H](C)C[C@H]1C[18O]P(=O)(O)OCC. The lowest BCUT2D eigenvalue weighted by Gasteiger charge is -2.28. The molecule has 22 heavy (non-hydrogen) atoms. The topological polar surface area (TPSA) is 76.1 Å². The van der Waals surface area contributed by atoms with Gasteiger partial charge in [0.15, 0.2) is 0 Å². The molecule has 0 spiro atoms. The average molecular weight is 335 g/mol. The normalized spacial score (nSPS) is 24.3. The van der Waals surface area contributed by atoms with Crippen LogP contribution in [0.5, 0.6) is 0 Å². The molecule has 6 nitrogen and oxygen atoms in total. The van der Waals surface area contributed by atoms with E-state index in [1.165, 1.54) is 0 Å². The highest BCUT2D eigenvalue weighted by Gasteiger charge is 2.33. The molecule has 1 fully saturated rings. The Balaban J connectivity index is 2.55. The summed E-state index contributed by atoms with van der Waals surface area (Å²) in [6.45, 7) is 10.8. The zero-order valence-corrected chi connectivity index (χ0v) is 14.7. The smallest absolute Gasteiger partial charge is 0.370 e. The fourth-order valence-electron chi connectivity index (χ4n) is 2.68. The summed E-state index contributed by atoms with van der Waals surface area (Å²) in [6, 6.07) is 0.000148. The van der Waals surface area contributed by atoms with Gasteiger partial charge in [-0.25, -0.2) is 4.57 Å². The molecule has 0 aromatic rings. The van der Waals surface area contributed by atoms with E-state index < -0.39 is 7.82 Å². The highest BCUT2D eigenvalue weighted by atomic mass is 31.2. The van der Waals surface area contributed by atoms with E-state index in [0.29, 0.717) is 25.2 Å². The van der Waals surface area contributed by atoms with E-state index in [4.69, 9.17) is 9.05 Å². The predicted octanol–water partition coefficient (Wildman–Crippen LogP) is 3.12. The number of likely N-dealkylation sites (tertiary alicyclic amines) is 1. The van der Waals surface area contributed by atoms with Crippen LogP contribution in [-0.2, 0) is 18.4 Å². The van der Waals surface area contributed by atoms with Crippen LogP contribution in [0.2, 0.25) is 0 Å². The van der Waals surface area contributed by atoms with Crippen LogP contribution in [0.25, 0.3) is 0 Å². The number of phosphoric ester groups is 1. The van der Waals surface area contributed by atoms with Crippen LogP contribution in [0.4, 0.5) is 0 Å². The largest absolute Gasteiger partial charge is 0.472 e. The molecule has 3 atom stereocenters. The Morgan fingerprint density at radius 2 is 2.14 bits per heavy atom. The van der Waals surface area contributed by atoms with Gasteiger partial charge >= 0.3 is 7.82 Å². The van der Waals surface area contributed by atoms with Crippen molar-refractivity contribution in [3.63, 3.8) is 0 Å². The van der Waals surface area contributed by atoms with Crippen LogP contribution in [0, 0.1) is 5.92 Å². The van der Waals surface area contributed by atoms with Crippen LogP contribution in [0.1, 0.15) is 46.5 Å². The molecule has 7 heteroatoms.